The number of carbonyl (C=O) groups is 3. The average molecular weight is 429 g/mol. The molecule has 8 heteroatoms. The molecule has 2 saturated heterocycles. The molecular formula is C23H32N4O4. The normalized spacial score (nSPS) is 20.1. The Morgan fingerprint density at radius 1 is 0.935 bits per heavy atom. The summed E-state index contributed by atoms with van der Waals surface area (Å²) < 4.78 is 5.39. The second-order valence-corrected chi connectivity index (χ2v) is 8.61. The largest absolute Gasteiger partial charge is 0.378 e. The van der Waals surface area contributed by atoms with Crippen LogP contribution in [0.3, 0.4) is 0 Å². The summed E-state index contributed by atoms with van der Waals surface area (Å²) in [7, 11) is 0. The van der Waals surface area contributed by atoms with Crippen LogP contribution in [0.15, 0.2) is 18.2 Å². The fourth-order valence-corrected chi connectivity index (χ4v) is 4.80. The minimum atomic E-state index is -0.170. The average Bonchev–Trinajstić information content (AvgIpc) is 3.33. The molecule has 8 nitrogen and oxygen atoms in total. The number of benzene rings is 1. The summed E-state index contributed by atoms with van der Waals surface area (Å²) in [5, 5.41) is 2.78. The van der Waals surface area contributed by atoms with Gasteiger partial charge in [-0.25, -0.2) is 0 Å². The van der Waals surface area contributed by atoms with Crippen molar-refractivity contribution in [3.63, 3.8) is 0 Å². The predicted octanol–water partition coefficient (Wildman–Crippen LogP) is 1.96. The van der Waals surface area contributed by atoms with Gasteiger partial charge in [0, 0.05) is 63.5 Å². The minimum Gasteiger partial charge on any atom is -0.378 e. The molecule has 0 radical (unpaired) electrons. The lowest BCUT2D eigenvalue weighted by Crippen LogP contribution is -2.50. The van der Waals surface area contributed by atoms with E-state index < -0.39 is 0 Å². The van der Waals surface area contributed by atoms with Gasteiger partial charge in [-0.3, -0.25) is 14.4 Å². The summed E-state index contributed by atoms with van der Waals surface area (Å²) in [6.45, 7) is 6.39. The Kier molecular flexibility index (Phi) is 6.75. The number of hydrogen-bond acceptors (Lipinski definition) is 5. The maximum absolute atomic E-state index is 13.3. The topological polar surface area (TPSA) is 82.2 Å². The number of nitrogens with zero attached hydrogens (tertiary/aromatic N) is 3. The van der Waals surface area contributed by atoms with Crippen molar-refractivity contribution in [1.82, 2.24) is 9.80 Å². The summed E-state index contributed by atoms with van der Waals surface area (Å²) in [6.07, 6.45) is 4.35. The standard InChI is InChI=1S/C23H32N4O4/c1-17(28)24-19-6-7-21(20(16-19)23(30)27-12-14-31-15-13-27)25-8-10-26(11-9-25)22(29)18-4-2-3-5-18/h6-7,16,18H,2-5,8-15H2,1H3,(H,24,28). The first kappa shape index (κ1) is 21.6. The van der Waals surface area contributed by atoms with Gasteiger partial charge in [-0.15, -0.1) is 0 Å². The Morgan fingerprint density at radius 3 is 2.26 bits per heavy atom. The second-order valence-electron chi connectivity index (χ2n) is 8.61. The SMILES string of the molecule is CC(=O)Nc1ccc(N2CCN(C(=O)C3CCCC3)CC2)c(C(=O)N2CCOCC2)c1. The molecule has 0 unspecified atom stereocenters. The number of anilines is 2. The third-order valence-corrected chi connectivity index (χ3v) is 6.48. The van der Waals surface area contributed by atoms with Gasteiger partial charge in [-0.1, -0.05) is 12.8 Å². The van der Waals surface area contributed by atoms with E-state index in [4.69, 9.17) is 4.74 Å². The van der Waals surface area contributed by atoms with Crippen LogP contribution in [0, 0.1) is 5.92 Å². The number of nitrogens with one attached hydrogen (secondary N) is 1. The van der Waals surface area contributed by atoms with Gasteiger partial charge in [0.25, 0.3) is 5.91 Å². The molecule has 0 bridgehead atoms. The van der Waals surface area contributed by atoms with E-state index in [0.29, 0.717) is 69.6 Å². The van der Waals surface area contributed by atoms with Crippen LogP contribution < -0.4 is 10.2 Å². The number of hydrogen-bond donors (Lipinski definition) is 1. The lowest BCUT2D eigenvalue weighted by atomic mass is 10.1. The van der Waals surface area contributed by atoms with Crippen LogP contribution in [-0.4, -0.2) is 80.0 Å². The molecule has 0 spiro atoms. The molecule has 168 valence electrons. The predicted molar refractivity (Wildman–Crippen MR) is 118 cm³/mol. The van der Waals surface area contributed by atoms with Crippen molar-refractivity contribution >= 4 is 29.1 Å². The van der Waals surface area contributed by atoms with Crippen molar-refractivity contribution < 1.29 is 19.1 Å². The number of rotatable bonds is 4. The summed E-state index contributed by atoms with van der Waals surface area (Å²) in [6, 6.07) is 5.51. The van der Waals surface area contributed by atoms with E-state index in [-0.39, 0.29) is 17.7 Å². The lowest BCUT2D eigenvalue weighted by molar-refractivity contribution is -0.135. The lowest BCUT2D eigenvalue weighted by Gasteiger charge is -2.38. The van der Waals surface area contributed by atoms with E-state index >= 15 is 0 Å². The van der Waals surface area contributed by atoms with Crippen molar-refractivity contribution in [2.75, 3.05) is 62.7 Å². The van der Waals surface area contributed by atoms with E-state index in [1.54, 1.807) is 11.0 Å². The van der Waals surface area contributed by atoms with Crippen LogP contribution in [0.1, 0.15) is 43.0 Å². The Bertz CT molecular complexity index is 823. The molecule has 1 N–H and O–H groups in total. The van der Waals surface area contributed by atoms with Crippen molar-refractivity contribution in [1.29, 1.82) is 0 Å². The van der Waals surface area contributed by atoms with Gasteiger partial charge in [0.1, 0.15) is 0 Å². The maximum Gasteiger partial charge on any atom is 0.256 e. The molecular weight excluding hydrogens is 396 g/mol. The van der Waals surface area contributed by atoms with Gasteiger partial charge in [0.15, 0.2) is 0 Å². The first-order valence-corrected chi connectivity index (χ1v) is 11.4. The van der Waals surface area contributed by atoms with E-state index in [0.717, 1.165) is 31.4 Å². The molecule has 2 heterocycles. The molecule has 3 amide bonds. The van der Waals surface area contributed by atoms with Crippen LogP contribution >= 0.6 is 0 Å². The van der Waals surface area contributed by atoms with Crippen LogP contribution in [0.5, 0.6) is 0 Å². The van der Waals surface area contributed by atoms with Gasteiger partial charge in [0.2, 0.25) is 11.8 Å². The number of amides is 3. The quantitative estimate of drug-likeness (QED) is 0.793. The fourth-order valence-electron chi connectivity index (χ4n) is 4.80. The van der Waals surface area contributed by atoms with Gasteiger partial charge >= 0.3 is 0 Å². The summed E-state index contributed by atoms with van der Waals surface area (Å²) in [4.78, 5) is 43.6. The van der Waals surface area contributed by atoms with Crippen LogP contribution in [-0.2, 0) is 14.3 Å². The molecule has 1 aliphatic carbocycles. The molecule has 1 aromatic rings. The number of piperazine rings is 1. The highest BCUT2D eigenvalue weighted by Crippen LogP contribution is 2.30. The minimum absolute atomic E-state index is 0.0463. The number of morpholine rings is 1. The van der Waals surface area contributed by atoms with Crippen LogP contribution in [0.25, 0.3) is 0 Å². The van der Waals surface area contributed by atoms with Crippen molar-refractivity contribution in [3.05, 3.63) is 23.8 Å². The zero-order chi connectivity index (χ0) is 21.8. The van der Waals surface area contributed by atoms with Gasteiger partial charge in [-0.05, 0) is 31.0 Å². The fraction of sp³-hybridized carbons (Fsp3) is 0.609. The Labute approximate surface area is 183 Å². The van der Waals surface area contributed by atoms with Crippen molar-refractivity contribution in [2.45, 2.75) is 32.6 Å². The van der Waals surface area contributed by atoms with E-state index in [9.17, 15) is 14.4 Å². The molecule has 3 aliphatic rings. The molecule has 31 heavy (non-hydrogen) atoms. The maximum atomic E-state index is 13.3. The molecule has 0 atom stereocenters. The van der Waals surface area contributed by atoms with Crippen molar-refractivity contribution in [2.24, 2.45) is 5.92 Å². The van der Waals surface area contributed by atoms with E-state index in [1.165, 1.54) is 6.92 Å². The number of carbonyl (C=O) groups excluding carboxylic acids is 3. The van der Waals surface area contributed by atoms with Gasteiger partial charge < -0.3 is 24.8 Å². The molecule has 3 fully saturated rings. The van der Waals surface area contributed by atoms with Crippen molar-refractivity contribution in [3.8, 4) is 0 Å². The third-order valence-electron chi connectivity index (χ3n) is 6.48. The highest BCUT2D eigenvalue weighted by molar-refractivity contribution is 6.02. The Balaban J connectivity index is 1.50. The van der Waals surface area contributed by atoms with E-state index in [1.807, 2.05) is 17.0 Å². The number of ether oxygens (including phenoxy) is 1. The summed E-state index contributed by atoms with van der Waals surface area (Å²) in [5.74, 6) is 0.274. The second kappa shape index (κ2) is 9.68. The molecule has 2 aliphatic heterocycles. The van der Waals surface area contributed by atoms with Gasteiger partial charge in [0.05, 0.1) is 18.8 Å². The zero-order valence-corrected chi connectivity index (χ0v) is 18.3. The highest BCUT2D eigenvalue weighted by atomic mass is 16.5. The first-order chi connectivity index (χ1) is 15.0. The molecule has 1 saturated carbocycles. The zero-order valence-electron chi connectivity index (χ0n) is 18.3. The highest BCUT2D eigenvalue weighted by Gasteiger charge is 2.31. The third kappa shape index (κ3) is 5.01. The summed E-state index contributed by atoms with van der Waals surface area (Å²) in [5.41, 5.74) is 2.06. The van der Waals surface area contributed by atoms with Crippen LogP contribution in [0.4, 0.5) is 11.4 Å². The monoisotopic (exact) mass is 428 g/mol. The van der Waals surface area contributed by atoms with Gasteiger partial charge in [-0.2, -0.15) is 0 Å². The molecule has 0 aromatic heterocycles. The Hall–Kier alpha value is -2.61. The van der Waals surface area contributed by atoms with Crippen LogP contribution in [0.2, 0.25) is 0 Å². The summed E-state index contributed by atoms with van der Waals surface area (Å²) >= 11 is 0. The van der Waals surface area contributed by atoms with E-state index in [2.05, 4.69) is 10.2 Å². The smallest absolute Gasteiger partial charge is 0.256 e. The first-order valence-electron chi connectivity index (χ1n) is 11.4. The Morgan fingerprint density at radius 2 is 1.61 bits per heavy atom. The molecule has 1 aromatic carbocycles. The molecule has 4 rings (SSSR count).